The fraction of sp³-hybridized carbons (Fsp3) is 0.278. The number of rotatable bonds is 4. The van der Waals surface area contributed by atoms with E-state index < -0.39 is 5.54 Å². The van der Waals surface area contributed by atoms with Crippen LogP contribution < -0.4 is 16.4 Å². The van der Waals surface area contributed by atoms with Crippen LogP contribution in [0.15, 0.2) is 48.7 Å². The third-order valence-corrected chi connectivity index (χ3v) is 4.32. The van der Waals surface area contributed by atoms with Crippen LogP contribution in [-0.4, -0.2) is 22.8 Å². The Morgan fingerprint density at radius 3 is 2.46 bits per heavy atom. The summed E-state index contributed by atoms with van der Waals surface area (Å²) in [5, 5.41) is 6.02. The van der Waals surface area contributed by atoms with Gasteiger partial charge in [0, 0.05) is 19.2 Å². The lowest BCUT2D eigenvalue weighted by molar-refractivity contribution is -0.120. The van der Waals surface area contributed by atoms with E-state index in [2.05, 4.69) is 15.6 Å². The molecule has 1 aromatic heterocycles. The maximum Gasteiger partial charge on any atom is 0.253 e. The summed E-state index contributed by atoms with van der Waals surface area (Å²) in [5.74, 6) is 0.113. The van der Waals surface area contributed by atoms with Crippen molar-refractivity contribution in [2.24, 2.45) is 0 Å². The Morgan fingerprint density at radius 2 is 1.88 bits per heavy atom. The number of aromatic nitrogens is 1. The number of amides is 2. The third kappa shape index (κ3) is 3.22. The number of pyridine rings is 1. The molecule has 2 amide bonds. The van der Waals surface area contributed by atoms with Crippen molar-refractivity contribution < 1.29 is 9.59 Å². The molecule has 2 aromatic rings. The first-order chi connectivity index (χ1) is 11.5. The van der Waals surface area contributed by atoms with Gasteiger partial charge < -0.3 is 16.4 Å². The number of carbonyl (C=O) groups is 2. The number of nitrogens with one attached hydrogen (secondary N) is 2. The van der Waals surface area contributed by atoms with Gasteiger partial charge in [0.2, 0.25) is 5.91 Å². The van der Waals surface area contributed by atoms with Crippen molar-refractivity contribution in [3.05, 3.63) is 59.8 Å². The highest BCUT2D eigenvalue weighted by atomic mass is 16.2. The van der Waals surface area contributed by atoms with Crippen LogP contribution in [0.25, 0.3) is 0 Å². The molecule has 1 aromatic carbocycles. The van der Waals surface area contributed by atoms with E-state index in [4.69, 9.17) is 5.73 Å². The van der Waals surface area contributed by atoms with Crippen molar-refractivity contribution >= 4 is 17.6 Å². The van der Waals surface area contributed by atoms with E-state index in [0.29, 0.717) is 24.2 Å². The normalized spacial score (nSPS) is 22.3. The quantitative estimate of drug-likeness (QED) is 0.795. The minimum Gasteiger partial charge on any atom is -0.384 e. The zero-order valence-electron chi connectivity index (χ0n) is 13.5. The first-order valence-corrected chi connectivity index (χ1v) is 7.85. The van der Waals surface area contributed by atoms with Gasteiger partial charge in [0.05, 0.1) is 11.1 Å². The Morgan fingerprint density at radius 1 is 1.17 bits per heavy atom. The first-order valence-electron chi connectivity index (χ1n) is 7.85. The van der Waals surface area contributed by atoms with Gasteiger partial charge in [0.25, 0.3) is 5.91 Å². The number of nitrogen functional groups attached to an aromatic ring is 1. The van der Waals surface area contributed by atoms with Crippen molar-refractivity contribution in [3.63, 3.8) is 0 Å². The summed E-state index contributed by atoms with van der Waals surface area (Å²) in [5.41, 5.74) is 6.58. The van der Waals surface area contributed by atoms with Gasteiger partial charge in [-0.25, -0.2) is 4.98 Å². The summed E-state index contributed by atoms with van der Waals surface area (Å²) in [6, 6.07) is 13.1. The topological polar surface area (TPSA) is 97.1 Å². The van der Waals surface area contributed by atoms with Crippen LogP contribution in [-0.2, 0) is 10.3 Å². The summed E-state index contributed by atoms with van der Waals surface area (Å²) in [4.78, 5) is 27.8. The average molecular weight is 324 g/mol. The van der Waals surface area contributed by atoms with Gasteiger partial charge in [0.15, 0.2) is 0 Å². The molecule has 0 bridgehead atoms. The third-order valence-electron chi connectivity index (χ3n) is 4.32. The van der Waals surface area contributed by atoms with Gasteiger partial charge in [-0.05, 0) is 30.5 Å². The van der Waals surface area contributed by atoms with Crippen LogP contribution in [0.4, 0.5) is 5.82 Å². The molecule has 1 heterocycles. The number of carbonyl (C=O) groups excluding carboxylic acids is 2. The van der Waals surface area contributed by atoms with Gasteiger partial charge in [-0.3, -0.25) is 9.59 Å². The van der Waals surface area contributed by atoms with E-state index in [1.165, 1.54) is 13.1 Å². The van der Waals surface area contributed by atoms with Gasteiger partial charge in [-0.1, -0.05) is 30.3 Å². The summed E-state index contributed by atoms with van der Waals surface area (Å²) in [6.07, 6.45) is 2.78. The molecule has 124 valence electrons. The Hall–Kier alpha value is -2.89. The highest BCUT2D eigenvalue weighted by molar-refractivity contribution is 5.94. The van der Waals surface area contributed by atoms with E-state index in [0.717, 1.165) is 5.56 Å². The van der Waals surface area contributed by atoms with Crippen LogP contribution >= 0.6 is 0 Å². The lowest BCUT2D eigenvalue weighted by Crippen LogP contribution is -2.61. The predicted octanol–water partition coefficient (Wildman–Crippen LogP) is 1.59. The number of benzene rings is 1. The molecule has 0 aliphatic heterocycles. The van der Waals surface area contributed by atoms with Crippen LogP contribution in [0.2, 0.25) is 0 Å². The summed E-state index contributed by atoms with van der Waals surface area (Å²) < 4.78 is 0. The fourth-order valence-electron chi connectivity index (χ4n) is 3.17. The van der Waals surface area contributed by atoms with Crippen molar-refractivity contribution in [2.45, 2.75) is 31.3 Å². The molecule has 0 spiro atoms. The molecular formula is C18H20N4O2. The molecule has 1 aliphatic carbocycles. The van der Waals surface area contributed by atoms with Crippen molar-refractivity contribution in [3.8, 4) is 0 Å². The number of hydrogen-bond donors (Lipinski definition) is 3. The van der Waals surface area contributed by atoms with Crippen molar-refractivity contribution in [2.75, 3.05) is 5.73 Å². The molecule has 1 saturated carbocycles. The fourth-order valence-corrected chi connectivity index (χ4v) is 3.17. The minimum atomic E-state index is -0.479. The van der Waals surface area contributed by atoms with E-state index in [9.17, 15) is 9.59 Å². The zero-order chi connectivity index (χ0) is 17.2. The minimum absolute atomic E-state index is 0.0595. The lowest BCUT2D eigenvalue weighted by atomic mass is 9.68. The molecule has 6 heteroatoms. The van der Waals surface area contributed by atoms with Crippen LogP contribution in [0.5, 0.6) is 0 Å². The number of hydrogen-bond acceptors (Lipinski definition) is 4. The average Bonchev–Trinajstić information content (AvgIpc) is 2.53. The van der Waals surface area contributed by atoms with Gasteiger partial charge in [0.1, 0.15) is 5.82 Å². The molecule has 6 nitrogen and oxygen atoms in total. The predicted molar refractivity (Wildman–Crippen MR) is 91.1 cm³/mol. The second kappa shape index (κ2) is 6.31. The molecule has 3 rings (SSSR count). The molecule has 0 unspecified atom stereocenters. The Labute approximate surface area is 140 Å². The second-order valence-electron chi connectivity index (χ2n) is 6.18. The van der Waals surface area contributed by atoms with E-state index in [1.54, 1.807) is 12.1 Å². The second-order valence-corrected chi connectivity index (χ2v) is 6.18. The Balaban J connectivity index is 1.80. The van der Waals surface area contributed by atoms with Gasteiger partial charge in [-0.15, -0.1) is 0 Å². The van der Waals surface area contributed by atoms with E-state index in [-0.39, 0.29) is 17.9 Å². The lowest BCUT2D eigenvalue weighted by Gasteiger charge is -2.48. The first kappa shape index (κ1) is 16.0. The van der Waals surface area contributed by atoms with E-state index in [1.807, 2.05) is 30.3 Å². The summed E-state index contributed by atoms with van der Waals surface area (Å²) in [7, 11) is 0. The molecule has 1 aliphatic rings. The highest BCUT2D eigenvalue weighted by Gasteiger charge is 2.47. The van der Waals surface area contributed by atoms with Crippen molar-refractivity contribution in [1.29, 1.82) is 0 Å². The molecule has 0 radical (unpaired) electrons. The number of nitrogens with zero attached hydrogens (tertiary/aromatic N) is 1. The smallest absolute Gasteiger partial charge is 0.253 e. The molecular weight excluding hydrogens is 304 g/mol. The molecule has 24 heavy (non-hydrogen) atoms. The van der Waals surface area contributed by atoms with E-state index >= 15 is 0 Å². The maximum absolute atomic E-state index is 12.6. The largest absolute Gasteiger partial charge is 0.384 e. The molecule has 0 atom stereocenters. The van der Waals surface area contributed by atoms with Crippen LogP contribution in [0.1, 0.15) is 35.7 Å². The molecule has 0 saturated heterocycles. The molecule has 1 fully saturated rings. The zero-order valence-corrected chi connectivity index (χ0v) is 13.5. The Kier molecular flexibility index (Phi) is 4.20. The van der Waals surface area contributed by atoms with Crippen LogP contribution in [0, 0.1) is 0 Å². The monoisotopic (exact) mass is 324 g/mol. The SMILES string of the molecule is CC(=O)NC1CC(NC(=O)c2ccc(N)nc2)(c2ccccc2)C1. The van der Waals surface area contributed by atoms with Gasteiger partial charge >= 0.3 is 0 Å². The highest BCUT2D eigenvalue weighted by Crippen LogP contribution is 2.41. The number of nitrogens with two attached hydrogens (primary N) is 1. The summed E-state index contributed by atoms with van der Waals surface area (Å²) in [6.45, 7) is 1.50. The maximum atomic E-state index is 12.6. The standard InChI is InChI=1S/C18H20N4O2/c1-12(23)21-15-9-18(10-15,14-5-3-2-4-6-14)22-17(24)13-7-8-16(19)20-11-13/h2-8,11,15H,9-10H2,1H3,(H2,19,20)(H,21,23)(H,22,24). The molecule has 4 N–H and O–H groups in total. The van der Waals surface area contributed by atoms with Crippen molar-refractivity contribution in [1.82, 2.24) is 15.6 Å². The Bertz CT molecular complexity index is 737. The van der Waals surface area contributed by atoms with Crippen LogP contribution in [0.3, 0.4) is 0 Å². The summed E-state index contributed by atoms with van der Waals surface area (Å²) >= 11 is 0. The van der Waals surface area contributed by atoms with Gasteiger partial charge in [-0.2, -0.15) is 0 Å². The number of anilines is 1.